The highest BCUT2D eigenvalue weighted by Crippen LogP contribution is 2.21. The number of aromatic nitrogens is 2. The van der Waals surface area contributed by atoms with Gasteiger partial charge >= 0.3 is 0 Å². The number of amides is 1. The van der Waals surface area contributed by atoms with Crippen LogP contribution in [-0.2, 0) is 0 Å². The maximum atomic E-state index is 11.9. The second-order valence-corrected chi connectivity index (χ2v) is 4.14. The summed E-state index contributed by atoms with van der Waals surface area (Å²) in [7, 11) is 0. The van der Waals surface area contributed by atoms with Crippen LogP contribution >= 0.6 is 0 Å². The summed E-state index contributed by atoms with van der Waals surface area (Å²) in [6, 6.07) is 10.4. The molecule has 1 amide bonds. The van der Waals surface area contributed by atoms with E-state index < -0.39 is 0 Å². The molecule has 0 aliphatic heterocycles. The molecule has 1 N–H and O–H groups in total. The second kappa shape index (κ2) is 5.00. The van der Waals surface area contributed by atoms with Gasteiger partial charge in [-0.2, -0.15) is 0 Å². The Morgan fingerprint density at radius 1 is 1.20 bits per heavy atom. The van der Waals surface area contributed by atoms with Gasteiger partial charge in [0, 0.05) is 18.2 Å². The Balaban J connectivity index is 1.83. The summed E-state index contributed by atoms with van der Waals surface area (Å²) in [5, 5.41) is 10.5. The van der Waals surface area contributed by atoms with Crippen molar-refractivity contribution in [2.24, 2.45) is 0 Å². The van der Waals surface area contributed by atoms with Crippen LogP contribution in [0.3, 0.4) is 0 Å². The molecule has 0 radical (unpaired) electrons. The first-order chi connectivity index (χ1) is 9.72. The van der Waals surface area contributed by atoms with Crippen molar-refractivity contribution in [3.63, 3.8) is 0 Å². The summed E-state index contributed by atoms with van der Waals surface area (Å²) in [5.41, 5.74) is 1.36. The molecule has 6 heteroatoms. The molecule has 0 aliphatic rings. The Morgan fingerprint density at radius 3 is 2.80 bits per heavy atom. The van der Waals surface area contributed by atoms with Gasteiger partial charge in [0.25, 0.3) is 5.91 Å². The molecule has 0 saturated heterocycles. The molecule has 0 unspecified atom stereocenters. The number of anilines is 1. The largest absolute Gasteiger partial charge is 0.459 e. The highest BCUT2D eigenvalue weighted by molar-refractivity contribution is 6.02. The lowest BCUT2D eigenvalue weighted by molar-refractivity contribution is 0.0996. The number of nitrogens with zero attached hydrogens (tertiary/aromatic N) is 2. The van der Waals surface area contributed by atoms with Crippen LogP contribution in [0.25, 0.3) is 11.5 Å². The number of rotatable bonds is 3. The van der Waals surface area contributed by atoms with E-state index in [9.17, 15) is 4.79 Å². The first-order valence-corrected chi connectivity index (χ1v) is 5.98. The quantitative estimate of drug-likeness (QED) is 0.790. The van der Waals surface area contributed by atoms with Gasteiger partial charge < -0.3 is 14.2 Å². The number of furan rings is 1. The highest BCUT2D eigenvalue weighted by Gasteiger charge is 2.10. The van der Waals surface area contributed by atoms with Gasteiger partial charge in [-0.05, 0) is 30.3 Å². The van der Waals surface area contributed by atoms with Gasteiger partial charge in [0.1, 0.15) is 0 Å². The van der Waals surface area contributed by atoms with Gasteiger partial charge in [-0.3, -0.25) is 4.79 Å². The molecule has 100 valence electrons. The number of hydrogen-bond acceptors (Lipinski definition) is 5. The lowest BCUT2D eigenvalue weighted by atomic mass is 10.2. The molecule has 0 atom stereocenters. The molecule has 0 bridgehead atoms. The normalized spacial score (nSPS) is 10.4. The van der Waals surface area contributed by atoms with Crippen molar-refractivity contribution >= 4 is 11.6 Å². The van der Waals surface area contributed by atoms with Crippen LogP contribution in [0.1, 0.15) is 16.4 Å². The van der Waals surface area contributed by atoms with Gasteiger partial charge in [0.15, 0.2) is 5.76 Å². The predicted octanol–water partition coefficient (Wildman–Crippen LogP) is 2.89. The summed E-state index contributed by atoms with van der Waals surface area (Å²) in [6.45, 7) is 1.72. The van der Waals surface area contributed by atoms with E-state index in [1.807, 2.05) is 6.07 Å². The zero-order valence-electron chi connectivity index (χ0n) is 10.7. The molecule has 0 aliphatic carbocycles. The maximum Gasteiger partial charge on any atom is 0.291 e. The van der Waals surface area contributed by atoms with Crippen LogP contribution in [0.15, 0.2) is 51.5 Å². The fourth-order valence-electron chi connectivity index (χ4n) is 1.74. The van der Waals surface area contributed by atoms with Crippen LogP contribution in [0.4, 0.5) is 5.69 Å². The van der Waals surface area contributed by atoms with Crippen molar-refractivity contribution in [3.05, 3.63) is 54.3 Å². The molecule has 3 rings (SSSR count). The van der Waals surface area contributed by atoms with Crippen LogP contribution in [-0.4, -0.2) is 16.1 Å². The zero-order valence-corrected chi connectivity index (χ0v) is 10.7. The van der Waals surface area contributed by atoms with E-state index >= 15 is 0 Å². The van der Waals surface area contributed by atoms with E-state index in [4.69, 9.17) is 8.83 Å². The van der Waals surface area contributed by atoms with Crippen molar-refractivity contribution < 1.29 is 13.6 Å². The number of nitrogens with one attached hydrogen (secondary N) is 1. The summed E-state index contributed by atoms with van der Waals surface area (Å²) in [5.74, 6) is 0.847. The Bertz CT molecular complexity index is 732. The monoisotopic (exact) mass is 269 g/mol. The molecule has 6 nitrogen and oxygen atoms in total. The summed E-state index contributed by atoms with van der Waals surface area (Å²) >= 11 is 0. The number of benzene rings is 1. The Hall–Kier alpha value is -2.89. The minimum atomic E-state index is -0.311. The van der Waals surface area contributed by atoms with E-state index in [0.717, 1.165) is 5.56 Å². The van der Waals surface area contributed by atoms with Crippen LogP contribution in [0.2, 0.25) is 0 Å². The predicted molar refractivity (Wildman–Crippen MR) is 71.1 cm³/mol. The smallest absolute Gasteiger partial charge is 0.291 e. The first-order valence-electron chi connectivity index (χ1n) is 5.98. The molecular formula is C14H11N3O3. The van der Waals surface area contributed by atoms with Gasteiger partial charge in [0.05, 0.1) is 6.26 Å². The Morgan fingerprint density at radius 2 is 2.10 bits per heavy atom. The fourth-order valence-corrected chi connectivity index (χ4v) is 1.74. The minimum Gasteiger partial charge on any atom is -0.459 e. The summed E-state index contributed by atoms with van der Waals surface area (Å²) < 4.78 is 10.4. The lowest BCUT2D eigenvalue weighted by Gasteiger charge is -2.04. The number of aryl methyl sites for hydroxylation is 1. The van der Waals surface area contributed by atoms with Crippen molar-refractivity contribution in [2.45, 2.75) is 6.92 Å². The van der Waals surface area contributed by atoms with E-state index in [0.29, 0.717) is 17.5 Å². The summed E-state index contributed by atoms with van der Waals surface area (Å²) in [4.78, 5) is 11.9. The molecule has 1 aromatic carbocycles. The van der Waals surface area contributed by atoms with Gasteiger partial charge in [-0.25, -0.2) is 0 Å². The molecule has 0 saturated carbocycles. The number of hydrogen-bond donors (Lipinski definition) is 1. The lowest BCUT2D eigenvalue weighted by Crippen LogP contribution is -2.10. The Kier molecular flexibility index (Phi) is 3.04. The van der Waals surface area contributed by atoms with Crippen molar-refractivity contribution in [2.75, 3.05) is 5.32 Å². The topological polar surface area (TPSA) is 81.2 Å². The highest BCUT2D eigenvalue weighted by atomic mass is 16.4. The number of carbonyl (C=O) groups is 1. The van der Waals surface area contributed by atoms with Crippen molar-refractivity contribution in [1.29, 1.82) is 0 Å². The SMILES string of the molecule is Cc1nnc(-c2cccc(NC(=O)c3ccco3)c2)o1. The molecule has 0 spiro atoms. The third-order valence-electron chi connectivity index (χ3n) is 2.64. The van der Waals surface area contributed by atoms with E-state index in [1.54, 1.807) is 37.3 Å². The molecule has 2 aromatic heterocycles. The molecule has 0 fully saturated rings. The van der Waals surface area contributed by atoms with Crippen LogP contribution < -0.4 is 5.32 Å². The first kappa shape index (κ1) is 12.2. The van der Waals surface area contributed by atoms with E-state index in [2.05, 4.69) is 15.5 Å². The third-order valence-corrected chi connectivity index (χ3v) is 2.64. The van der Waals surface area contributed by atoms with Crippen LogP contribution in [0.5, 0.6) is 0 Å². The zero-order chi connectivity index (χ0) is 13.9. The van der Waals surface area contributed by atoms with Crippen LogP contribution in [0, 0.1) is 6.92 Å². The molecule has 2 heterocycles. The average Bonchev–Trinajstić information content (AvgIpc) is 3.10. The van der Waals surface area contributed by atoms with Crippen molar-refractivity contribution in [1.82, 2.24) is 10.2 Å². The maximum absolute atomic E-state index is 11.9. The van der Waals surface area contributed by atoms with Gasteiger partial charge in [0.2, 0.25) is 11.8 Å². The Labute approximate surface area is 114 Å². The minimum absolute atomic E-state index is 0.254. The second-order valence-electron chi connectivity index (χ2n) is 4.14. The molecule has 20 heavy (non-hydrogen) atoms. The standard InChI is InChI=1S/C14H11N3O3/c1-9-16-17-14(20-9)10-4-2-5-11(8-10)15-13(18)12-6-3-7-19-12/h2-8H,1H3,(H,15,18). The van der Waals surface area contributed by atoms with Crippen molar-refractivity contribution in [3.8, 4) is 11.5 Å². The van der Waals surface area contributed by atoms with Gasteiger partial charge in [-0.15, -0.1) is 10.2 Å². The third kappa shape index (κ3) is 2.44. The molecular weight excluding hydrogens is 258 g/mol. The average molecular weight is 269 g/mol. The fraction of sp³-hybridized carbons (Fsp3) is 0.0714. The molecule has 3 aromatic rings. The number of carbonyl (C=O) groups excluding carboxylic acids is 1. The summed E-state index contributed by atoms with van der Waals surface area (Å²) in [6.07, 6.45) is 1.45. The van der Waals surface area contributed by atoms with E-state index in [-0.39, 0.29) is 11.7 Å². The van der Waals surface area contributed by atoms with Gasteiger partial charge in [-0.1, -0.05) is 6.07 Å². The van der Waals surface area contributed by atoms with E-state index in [1.165, 1.54) is 6.26 Å².